The fourth-order valence-corrected chi connectivity index (χ4v) is 3.76. The molecule has 1 aromatic carbocycles. The SMILES string of the molecule is O=C(Cc1cccs1)Nc1nnc([C@H]2CC(=O)N(c3ccc(Cl)cc3)C2)o1. The maximum absolute atomic E-state index is 12.3. The summed E-state index contributed by atoms with van der Waals surface area (Å²) in [5.41, 5.74) is 0.774. The lowest BCUT2D eigenvalue weighted by Crippen LogP contribution is -2.24. The van der Waals surface area contributed by atoms with Gasteiger partial charge in [-0.1, -0.05) is 22.8 Å². The van der Waals surface area contributed by atoms with Gasteiger partial charge in [0.1, 0.15) is 0 Å². The van der Waals surface area contributed by atoms with E-state index in [9.17, 15) is 9.59 Å². The number of thiophene rings is 1. The van der Waals surface area contributed by atoms with Gasteiger partial charge in [0.2, 0.25) is 17.7 Å². The van der Waals surface area contributed by atoms with Crippen molar-refractivity contribution in [1.82, 2.24) is 10.2 Å². The third-order valence-corrected chi connectivity index (χ3v) is 5.34. The molecule has 0 aliphatic carbocycles. The molecule has 2 amide bonds. The van der Waals surface area contributed by atoms with Gasteiger partial charge in [0.05, 0.1) is 12.3 Å². The van der Waals surface area contributed by atoms with E-state index in [-0.39, 0.29) is 36.6 Å². The van der Waals surface area contributed by atoms with E-state index >= 15 is 0 Å². The third kappa shape index (κ3) is 4.01. The van der Waals surface area contributed by atoms with Crippen LogP contribution in [0, 0.1) is 0 Å². The normalized spacial score (nSPS) is 16.7. The second-order valence-corrected chi connectivity index (χ2v) is 7.60. The molecule has 1 aliphatic heterocycles. The lowest BCUT2D eigenvalue weighted by atomic mass is 10.1. The maximum atomic E-state index is 12.3. The Morgan fingerprint density at radius 1 is 1.30 bits per heavy atom. The molecular weight excluding hydrogens is 388 g/mol. The first-order valence-electron chi connectivity index (χ1n) is 8.30. The maximum Gasteiger partial charge on any atom is 0.322 e. The van der Waals surface area contributed by atoms with E-state index in [1.807, 2.05) is 17.5 Å². The number of amides is 2. The average molecular weight is 403 g/mol. The Bertz CT molecular complexity index is 955. The summed E-state index contributed by atoms with van der Waals surface area (Å²) in [5.74, 6) is -0.128. The predicted octanol–water partition coefficient (Wildman–Crippen LogP) is 3.49. The fourth-order valence-electron chi connectivity index (χ4n) is 2.93. The molecule has 2 aromatic heterocycles. The molecular formula is C18H15ClN4O3S. The smallest absolute Gasteiger partial charge is 0.322 e. The van der Waals surface area contributed by atoms with E-state index in [0.717, 1.165) is 10.6 Å². The van der Waals surface area contributed by atoms with Gasteiger partial charge < -0.3 is 9.32 Å². The van der Waals surface area contributed by atoms with Gasteiger partial charge in [-0.05, 0) is 35.7 Å². The molecule has 7 nitrogen and oxygen atoms in total. The summed E-state index contributed by atoms with van der Waals surface area (Å²) < 4.78 is 5.56. The van der Waals surface area contributed by atoms with E-state index in [1.54, 1.807) is 29.2 Å². The molecule has 0 bridgehead atoms. The largest absolute Gasteiger partial charge is 0.407 e. The molecule has 1 aliphatic rings. The van der Waals surface area contributed by atoms with Gasteiger partial charge >= 0.3 is 6.01 Å². The quantitative estimate of drug-likeness (QED) is 0.705. The Kier molecular flexibility index (Phi) is 4.91. The van der Waals surface area contributed by atoms with E-state index in [1.165, 1.54) is 11.3 Å². The second-order valence-electron chi connectivity index (χ2n) is 6.13. The summed E-state index contributed by atoms with van der Waals surface area (Å²) in [6, 6.07) is 10.9. The average Bonchev–Trinajstić information content (AvgIpc) is 3.37. The van der Waals surface area contributed by atoms with Gasteiger partial charge in [-0.25, -0.2) is 0 Å². The number of nitrogens with zero attached hydrogens (tertiary/aromatic N) is 3. The zero-order valence-electron chi connectivity index (χ0n) is 14.1. The lowest BCUT2D eigenvalue weighted by molar-refractivity contribution is -0.117. The number of aromatic nitrogens is 2. The first-order chi connectivity index (χ1) is 13.1. The van der Waals surface area contributed by atoms with Crippen LogP contribution in [0.1, 0.15) is 23.1 Å². The summed E-state index contributed by atoms with van der Waals surface area (Å²) in [5, 5.41) is 13.0. The molecule has 3 aromatic rings. The number of hydrogen-bond donors (Lipinski definition) is 1. The van der Waals surface area contributed by atoms with Crippen LogP contribution in [0.4, 0.5) is 11.7 Å². The van der Waals surface area contributed by atoms with Crippen molar-refractivity contribution in [2.75, 3.05) is 16.8 Å². The van der Waals surface area contributed by atoms with Crippen LogP contribution in [0.5, 0.6) is 0 Å². The van der Waals surface area contributed by atoms with Crippen LogP contribution in [0.25, 0.3) is 0 Å². The first-order valence-corrected chi connectivity index (χ1v) is 9.56. The van der Waals surface area contributed by atoms with Crippen molar-refractivity contribution >= 4 is 46.5 Å². The number of anilines is 2. The molecule has 27 heavy (non-hydrogen) atoms. The molecule has 3 heterocycles. The molecule has 1 saturated heterocycles. The van der Waals surface area contributed by atoms with Crippen LogP contribution in [-0.2, 0) is 16.0 Å². The van der Waals surface area contributed by atoms with Crippen LogP contribution in [0.15, 0.2) is 46.2 Å². The summed E-state index contributed by atoms with van der Waals surface area (Å²) in [6.07, 6.45) is 0.523. The van der Waals surface area contributed by atoms with Crippen molar-refractivity contribution in [3.8, 4) is 0 Å². The lowest BCUT2D eigenvalue weighted by Gasteiger charge is -2.15. The van der Waals surface area contributed by atoms with E-state index < -0.39 is 0 Å². The van der Waals surface area contributed by atoms with Gasteiger partial charge in [-0.3, -0.25) is 14.9 Å². The molecule has 138 valence electrons. The molecule has 0 radical (unpaired) electrons. The highest BCUT2D eigenvalue weighted by Gasteiger charge is 2.35. The van der Waals surface area contributed by atoms with E-state index in [4.69, 9.17) is 16.0 Å². The molecule has 9 heteroatoms. The molecule has 1 atom stereocenters. The van der Waals surface area contributed by atoms with Gasteiger partial charge in [0.25, 0.3) is 0 Å². The number of halogens is 1. The molecule has 1 fully saturated rings. The van der Waals surface area contributed by atoms with Crippen LogP contribution in [0.3, 0.4) is 0 Å². The Labute approximate surface area is 164 Å². The summed E-state index contributed by atoms with van der Waals surface area (Å²) in [6.45, 7) is 0.436. The van der Waals surface area contributed by atoms with Gasteiger partial charge in [-0.2, -0.15) is 0 Å². The highest BCUT2D eigenvalue weighted by molar-refractivity contribution is 7.10. The topological polar surface area (TPSA) is 88.3 Å². The van der Waals surface area contributed by atoms with E-state index in [0.29, 0.717) is 17.5 Å². The minimum atomic E-state index is -0.224. The molecule has 0 saturated carbocycles. The number of carbonyl (C=O) groups is 2. The molecule has 4 rings (SSSR count). The molecule has 0 spiro atoms. The highest BCUT2D eigenvalue weighted by atomic mass is 35.5. The van der Waals surface area contributed by atoms with Crippen LogP contribution in [0.2, 0.25) is 5.02 Å². The van der Waals surface area contributed by atoms with Crippen LogP contribution in [-0.4, -0.2) is 28.6 Å². The Balaban J connectivity index is 1.40. The summed E-state index contributed by atoms with van der Waals surface area (Å²) in [7, 11) is 0. The van der Waals surface area contributed by atoms with Gasteiger partial charge in [0, 0.05) is 28.6 Å². The Morgan fingerprint density at radius 3 is 2.85 bits per heavy atom. The predicted molar refractivity (Wildman–Crippen MR) is 102 cm³/mol. The molecule has 0 unspecified atom stereocenters. The third-order valence-electron chi connectivity index (χ3n) is 4.21. The standard InChI is InChI=1S/C18H15ClN4O3S/c19-12-3-5-13(6-4-12)23-10-11(8-16(23)25)17-21-22-18(26-17)20-15(24)9-14-2-1-7-27-14/h1-7,11H,8-10H2,(H,20,22,24)/t11-/m0/s1. The number of nitrogens with one attached hydrogen (secondary N) is 1. The van der Waals surface area contributed by atoms with Crippen molar-refractivity contribution in [3.63, 3.8) is 0 Å². The minimum absolute atomic E-state index is 0.0243. The van der Waals surface area contributed by atoms with Crippen LogP contribution < -0.4 is 10.2 Å². The van der Waals surface area contributed by atoms with Crippen molar-refractivity contribution in [1.29, 1.82) is 0 Å². The minimum Gasteiger partial charge on any atom is -0.407 e. The number of benzene rings is 1. The number of hydrogen-bond acceptors (Lipinski definition) is 6. The zero-order chi connectivity index (χ0) is 18.8. The Hall–Kier alpha value is -2.71. The highest BCUT2D eigenvalue weighted by Crippen LogP contribution is 2.32. The first kappa shape index (κ1) is 17.7. The van der Waals surface area contributed by atoms with Crippen molar-refractivity contribution in [3.05, 3.63) is 57.6 Å². The van der Waals surface area contributed by atoms with Crippen LogP contribution >= 0.6 is 22.9 Å². The monoisotopic (exact) mass is 402 g/mol. The van der Waals surface area contributed by atoms with Gasteiger partial charge in [-0.15, -0.1) is 16.4 Å². The van der Waals surface area contributed by atoms with Crippen molar-refractivity contribution in [2.24, 2.45) is 0 Å². The van der Waals surface area contributed by atoms with Gasteiger partial charge in [0.15, 0.2) is 0 Å². The van der Waals surface area contributed by atoms with E-state index in [2.05, 4.69) is 15.5 Å². The van der Waals surface area contributed by atoms with Crippen molar-refractivity contribution < 1.29 is 14.0 Å². The van der Waals surface area contributed by atoms with Crippen molar-refractivity contribution in [2.45, 2.75) is 18.8 Å². The summed E-state index contributed by atoms with van der Waals surface area (Å²) in [4.78, 5) is 27.0. The number of carbonyl (C=O) groups excluding carboxylic acids is 2. The Morgan fingerprint density at radius 2 is 2.11 bits per heavy atom. The zero-order valence-corrected chi connectivity index (χ0v) is 15.7. The fraction of sp³-hybridized carbons (Fsp3) is 0.222. The summed E-state index contributed by atoms with van der Waals surface area (Å²) >= 11 is 7.41. The molecule has 1 N–H and O–H groups in total. The number of rotatable bonds is 5. The second kappa shape index (κ2) is 7.50.